The Balaban J connectivity index is 1.69. The molecule has 1 aliphatic heterocycles. The van der Waals surface area contributed by atoms with Crippen LogP contribution in [0.4, 0.5) is 4.79 Å². The number of amides is 5. The minimum absolute atomic E-state index is 0.268. The fourth-order valence-corrected chi connectivity index (χ4v) is 3.27. The van der Waals surface area contributed by atoms with E-state index in [4.69, 9.17) is 4.74 Å². The van der Waals surface area contributed by atoms with Crippen LogP contribution in [0.3, 0.4) is 0 Å². The Morgan fingerprint density at radius 1 is 1.03 bits per heavy atom. The molecule has 156 valence electrons. The fourth-order valence-electron chi connectivity index (χ4n) is 3.27. The predicted octanol–water partition coefficient (Wildman–Crippen LogP) is 2.21. The standard InChI is InChI=1S/C22H23N3O5/c1-15(17-9-5-4-6-10-17)25-21(28)20(27)24(22(25)29)14-19(26)23(2)13-16-8-7-11-18(12-16)30-3/h4-12,15H,13-14H2,1-3H3. The number of benzene rings is 2. The van der Waals surface area contributed by atoms with Crippen LogP contribution >= 0.6 is 0 Å². The third-order valence-corrected chi connectivity index (χ3v) is 5.03. The summed E-state index contributed by atoms with van der Waals surface area (Å²) in [5, 5.41) is 0. The molecule has 0 saturated carbocycles. The molecule has 1 unspecified atom stereocenters. The average Bonchev–Trinajstić information content (AvgIpc) is 2.97. The first-order chi connectivity index (χ1) is 14.3. The molecule has 0 aliphatic carbocycles. The number of likely N-dealkylation sites (N-methyl/N-ethyl adjacent to an activating group) is 1. The normalized spacial score (nSPS) is 14.8. The molecule has 0 radical (unpaired) electrons. The van der Waals surface area contributed by atoms with Gasteiger partial charge in [-0.1, -0.05) is 42.5 Å². The summed E-state index contributed by atoms with van der Waals surface area (Å²) in [4.78, 5) is 53.2. The SMILES string of the molecule is COc1cccc(CN(C)C(=O)CN2C(=O)C(=O)N(C(C)c3ccccc3)C2=O)c1. The topological polar surface area (TPSA) is 87.2 Å². The molecule has 1 saturated heterocycles. The monoisotopic (exact) mass is 409 g/mol. The van der Waals surface area contributed by atoms with E-state index in [-0.39, 0.29) is 6.54 Å². The largest absolute Gasteiger partial charge is 0.497 e. The van der Waals surface area contributed by atoms with E-state index in [1.165, 1.54) is 4.90 Å². The zero-order valence-electron chi connectivity index (χ0n) is 17.1. The van der Waals surface area contributed by atoms with Crippen molar-refractivity contribution in [2.75, 3.05) is 20.7 Å². The molecule has 5 amide bonds. The van der Waals surface area contributed by atoms with Crippen LogP contribution in [-0.2, 0) is 20.9 Å². The van der Waals surface area contributed by atoms with Crippen LogP contribution in [0.2, 0.25) is 0 Å². The summed E-state index contributed by atoms with van der Waals surface area (Å²) in [6.45, 7) is 1.44. The van der Waals surface area contributed by atoms with E-state index in [9.17, 15) is 19.2 Å². The Labute approximate surface area is 174 Å². The van der Waals surface area contributed by atoms with Crippen LogP contribution in [0.15, 0.2) is 54.6 Å². The second kappa shape index (κ2) is 8.77. The summed E-state index contributed by atoms with van der Waals surface area (Å²) in [7, 11) is 3.12. The van der Waals surface area contributed by atoms with E-state index in [2.05, 4.69) is 0 Å². The Morgan fingerprint density at radius 2 is 1.73 bits per heavy atom. The van der Waals surface area contributed by atoms with Crippen molar-refractivity contribution in [1.82, 2.24) is 14.7 Å². The van der Waals surface area contributed by atoms with Gasteiger partial charge in [-0.05, 0) is 30.2 Å². The number of imide groups is 2. The van der Waals surface area contributed by atoms with Crippen molar-refractivity contribution in [3.63, 3.8) is 0 Å². The summed E-state index contributed by atoms with van der Waals surface area (Å²) in [5.74, 6) is -1.72. The van der Waals surface area contributed by atoms with E-state index < -0.39 is 36.3 Å². The van der Waals surface area contributed by atoms with Crippen LogP contribution in [0.5, 0.6) is 5.75 Å². The van der Waals surface area contributed by atoms with Crippen LogP contribution in [0.1, 0.15) is 24.1 Å². The van der Waals surface area contributed by atoms with Gasteiger partial charge in [-0.15, -0.1) is 0 Å². The quantitative estimate of drug-likeness (QED) is 0.517. The van der Waals surface area contributed by atoms with Gasteiger partial charge in [0.2, 0.25) is 5.91 Å². The highest BCUT2D eigenvalue weighted by atomic mass is 16.5. The van der Waals surface area contributed by atoms with Gasteiger partial charge in [0, 0.05) is 13.6 Å². The number of carbonyl (C=O) groups excluding carboxylic acids is 4. The Morgan fingerprint density at radius 3 is 2.40 bits per heavy atom. The highest BCUT2D eigenvalue weighted by Crippen LogP contribution is 2.26. The molecule has 1 atom stereocenters. The van der Waals surface area contributed by atoms with E-state index in [0.717, 1.165) is 16.0 Å². The van der Waals surface area contributed by atoms with Crippen LogP contribution in [0.25, 0.3) is 0 Å². The van der Waals surface area contributed by atoms with E-state index in [1.54, 1.807) is 57.5 Å². The zero-order valence-corrected chi connectivity index (χ0v) is 17.1. The summed E-state index contributed by atoms with van der Waals surface area (Å²) in [6, 6.07) is 14.8. The maximum atomic E-state index is 12.8. The molecular formula is C22H23N3O5. The second-order valence-corrected chi connectivity index (χ2v) is 7.04. The van der Waals surface area contributed by atoms with E-state index in [0.29, 0.717) is 10.6 Å². The third kappa shape index (κ3) is 4.17. The Hall–Kier alpha value is -3.68. The fraction of sp³-hybridized carbons (Fsp3) is 0.273. The lowest BCUT2D eigenvalue weighted by Crippen LogP contribution is -2.42. The number of rotatable bonds is 7. The molecule has 8 nitrogen and oxygen atoms in total. The molecule has 30 heavy (non-hydrogen) atoms. The molecule has 8 heteroatoms. The van der Waals surface area contributed by atoms with Crippen molar-refractivity contribution >= 4 is 23.8 Å². The summed E-state index contributed by atoms with van der Waals surface area (Å²) >= 11 is 0. The van der Waals surface area contributed by atoms with Crippen molar-refractivity contribution < 1.29 is 23.9 Å². The molecule has 2 aromatic rings. The number of hydrogen-bond donors (Lipinski definition) is 0. The molecule has 1 aliphatic rings. The van der Waals surface area contributed by atoms with Crippen molar-refractivity contribution in [1.29, 1.82) is 0 Å². The van der Waals surface area contributed by atoms with Gasteiger partial charge in [-0.2, -0.15) is 0 Å². The van der Waals surface area contributed by atoms with Crippen molar-refractivity contribution in [3.05, 3.63) is 65.7 Å². The van der Waals surface area contributed by atoms with E-state index in [1.807, 2.05) is 18.2 Å². The van der Waals surface area contributed by atoms with Gasteiger partial charge in [0.05, 0.1) is 13.2 Å². The number of nitrogens with zero attached hydrogens (tertiary/aromatic N) is 3. The summed E-state index contributed by atoms with van der Waals surface area (Å²) in [6.07, 6.45) is 0. The number of hydrogen-bond acceptors (Lipinski definition) is 5. The molecule has 1 heterocycles. The molecule has 0 aromatic heterocycles. The molecule has 1 fully saturated rings. The molecule has 0 N–H and O–H groups in total. The lowest BCUT2D eigenvalue weighted by atomic mass is 10.1. The minimum Gasteiger partial charge on any atom is -0.497 e. The molecular weight excluding hydrogens is 386 g/mol. The van der Waals surface area contributed by atoms with Crippen molar-refractivity contribution in [3.8, 4) is 5.75 Å². The molecule has 3 rings (SSSR count). The van der Waals surface area contributed by atoms with Gasteiger partial charge in [0.1, 0.15) is 12.3 Å². The van der Waals surface area contributed by atoms with Crippen molar-refractivity contribution in [2.24, 2.45) is 0 Å². The third-order valence-electron chi connectivity index (χ3n) is 5.03. The second-order valence-electron chi connectivity index (χ2n) is 7.04. The highest BCUT2D eigenvalue weighted by Gasteiger charge is 2.47. The van der Waals surface area contributed by atoms with Crippen LogP contribution in [0, 0.1) is 0 Å². The van der Waals surface area contributed by atoms with E-state index >= 15 is 0 Å². The number of methoxy groups -OCH3 is 1. The number of carbonyl (C=O) groups is 4. The van der Waals surface area contributed by atoms with Crippen LogP contribution in [-0.4, -0.2) is 59.2 Å². The predicted molar refractivity (Wildman–Crippen MR) is 108 cm³/mol. The van der Waals surface area contributed by atoms with Gasteiger partial charge in [0.25, 0.3) is 0 Å². The summed E-state index contributed by atoms with van der Waals surface area (Å²) < 4.78 is 5.17. The lowest BCUT2D eigenvalue weighted by molar-refractivity contribution is -0.145. The average molecular weight is 409 g/mol. The first-order valence-electron chi connectivity index (χ1n) is 9.44. The van der Waals surface area contributed by atoms with Gasteiger partial charge < -0.3 is 9.64 Å². The zero-order chi connectivity index (χ0) is 21.8. The molecule has 0 spiro atoms. The number of urea groups is 1. The maximum Gasteiger partial charge on any atom is 0.335 e. The Bertz CT molecular complexity index is 976. The first-order valence-corrected chi connectivity index (χ1v) is 9.44. The van der Waals surface area contributed by atoms with Gasteiger partial charge in [-0.3, -0.25) is 14.4 Å². The van der Waals surface area contributed by atoms with Gasteiger partial charge >= 0.3 is 17.8 Å². The Kier molecular flexibility index (Phi) is 6.15. The number of ether oxygens (including phenoxy) is 1. The highest BCUT2D eigenvalue weighted by molar-refractivity contribution is 6.45. The smallest absolute Gasteiger partial charge is 0.335 e. The first kappa shape index (κ1) is 21.0. The van der Waals surface area contributed by atoms with Crippen LogP contribution < -0.4 is 4.74 Å². The van der Waals surface area contributed by atoms with Gasteiger partial charge in [0.15, 0.2) is 0 Å². The summed E-state index contributed by atoms with van der Waals surface area (Å²) in [5.41, 5.74) is 1.55. The van der Waals surface area contributed by atoms with Crippen molar-refractivity contribution in [2.45, 2.75) is 19.5 Å². The lowest BCUT2D eigenvalue weighted by Gasteiger charge is -2.23. The molecule has 0 bridgehead atoms. The minimum atomic E-state index is -0.995. The maximum absolute atomic E-state index is 12.8. The van der Waals surface area contributed by atoms with Gasteiger partial charge in [-0.25, -0.2) is 14.6 Å². The molecule has 2 aromatic carbocycles.